The zero-order valence-electron chi connectivity index (χ0n) is 13.3. The van der Waals surface area contributed by atoms with Crippen LogP contribution in [0.5, 0.6) is 0 Å². The number of nitrogens with one attached hydrogen (secondary N) is 1. The van der Waals surface area contributed by atoms with Crippen LogP contribution < -0.4 is 10.2 Å². The number of nitrogens with zero attached hydrogens (tertiary/aromatic N) is 1. The van der Waals surface area contributed by atoms with Gasteiger partial charge in [-0.3, -0.25) is 4.79 Å². The van der Waals surface area contributed by atoms with Crippen molar-refractivity contribution in [2.45, 2.75) is 25.3 Å². The van der Waals surface area contributed by atoms with Gasteiger partial charge in [-0.1, -0.05) is 35.3 Å². The van der Waals surface area contributed by atoms with Crippen LogP contribution in [-0.2, 0) is 11.2 Å². The molecule has 0 atom stereocenters. The molecular weight excluding hydrogens is 343 g/mol. The van der Waals surface area contributed by atoms with E-state index in [1.54, 1.807) is 0 Å². The Hall–Kier alpha value is -1.55. The number of benzene rings is 2. The Bertz CT molecular complexity index is 680. The van der Waals surface area contributed by atoms with E-state index in [-0.39, 0.29) is 11.9 Å². The summed E-state index contributed by atoms with van der Waals surface area (Å²) in [6.45, 7) is 1.87. The Morgan fingerprint density at radius 2 is 1.50 bits per heavy atom. The average Bonchev–Trinajstić information content (AvgIpc) is 2.60. The quantitative estimate of drug-likeness (QED) is 0.878. The minimum absolute atomic E-state index is 0.103. The molecule has 0 aliphatic carbocycles. The molecule has 3 nitrogen and oxygen atoms in total. The van der Waals surface area contributed by atoms with E-state index < -0.39 is 0 Å². The molecule has 1 N–H and O–H groups in total. The molecular formula is C19H20Cl2N2O. The highest BCUT2D eigenvalue weighted by molar-refractivity contribution is 6.30. The summed E-state index contributed by atoms with van der Waals surface area (Å²) in [4.78, 5) is 15.0. The lowest BCUT2D eigenvalue weighted by atomic mass is 10.0. The molecule has 0 saturated carbocycles. The number of hydrogen-bond acceptors (Lipinski definition) is 2. The number of rotatable bonds is 4. The van der Waals surface area contributed by atoms with Crippen molar-refractivity contribution >= 4 is 34.8 Å². The lowest BCUT2D eigenvalue weighted by molar-refractivity contribution is -0.118. The van der Waals surface area contributed by atoms with Crippen LogP contribution >= 0.6 is 23.2 Å². The molecule has 1 heterocycles. The molecule has 0 bridgehead atoms. The van der Waals surface area contributed by atoms with Gasteiger partial charge in [-0.2, -0.15) is 0 Å². The van der Waals surface area contributed by atoms with Crippen molar-refractivity contribution in [2.24, 2.45) is 0 Å². The first kappa shape index (κ1) is 17.3. The number of carbonyl (C=O) groups excluding carboxylic acids is 1. The molecule has 1 aliphatic heterocycles. The molecule has 1 amide bonds. The predicted octanol–water partition coefficient (Wildman–Crippen LogP) is 4.32. The van der Waals surface area contributed by atoms with Gasteiger partial charge < -0.3 is 10.2 Å². The van der Waals surface area contributed by atoms with Crippen molar-refractivity contribution < 1.29 is 4.79 Å². The van der Waals surface area contributed by atoms with E-state index in [0.29, 0.717) is 16.5 Å². The van der Waals surface area contributed by atoms with E-state index in [2.05, 4.69) is 5.32 Å². The third-order valence-electron chi connectivity index (χ3n) is 4.32. The predicted molar refractivity (Wildman–Crippen MR) is 100.0 cm³/mol. The van der Waals surface area contributed by atoms with Gasteiger partial charge in [0.2, 0.25) is 5.91 Å². The van der Waals surface area contributed by atoms with Crippen molar-refractivity contribution in [2.75, 3.05) is 18.0 Å². The molecule has 24 heavy (non-hydrogen) atoms. The number of amides is 1. The lowest BCUT2D eigenvalue weighted by Crippen LogP contribution is -2.47. The molecule has 5 heteroatoms. The van der Waals surface area contributed by atoms with Gasteiger partial charge in [-0.15, -0.1) is 0 Å². The number of anilines is 1. The Morgan fingerprint density at radius 1 is 0.958 bits per heavy atom. The largest absolute Gasteiger partial charge is 0.317 e. The molecule has 126 valence electrons. The van der Waals surface area contributed by atoms with Crippen molar-refractivity contribution in [3.8, 4) is 0 Å². The standard InChI is InChI=1S/C19H20Cl2N2O/c20-15-3-1-14(2-4-15)13-19(24)23(18-9-11-22-12-10-18)17-7-5-16(21)6-8-17/h1-8,18,22H,9-13H2. The fourth-order valence-electron chi connectivity index (χ4n) is 3.09. The summed E-state index contributed by atoms with van der Waals surface area (Å²) in [6.07, 6.45) is 2.27. The molecule has 1 aliphatic rings. The molecule has 0 unspecified atom stereocenters. The van der Waals surface area contributed by atoms with Crippen LogP contribution in [0.2, 0.25) is 10.0 Å². The van der Waals surface area contributed by atoms with Gasteiger partial charge in [0.05, 0.1) is 6.42 Å². The van der Waals surface area contributed by atoms with Gasteiger partial charge in [0, 0.05) is 21.8 Å². The minimum Gasteiger partial charge on any atom is -0.317 e. The second-order valence-corrected chi connectivity index (χ2v) is 6.90. The highest BCUT2D eigenvalue weighted by atomic mass is 35.5. The highest BCUT2D eigenvalue weighted by Crippen LogP contribution is 2.25. The van der Waals surface area contributed by atoms with Crippen LogP contribution in [0, 0.1) is 0 Å². The molecule has 0 radical (unpaired) electrons. The van der Waals surface area contributed by atoms with Crippen LogP contribution in [0.4, 0.5) is 5.69 Å². The number of halogens is 2. The summed E-state index contributed by atoms with van der Waals surface area (Å²) < 4.78 is 0. The van der Waals surface area contributed by atoms with Crippen LogP contribution in [0.3, 0.4) is 0 Å². The third-order valence-corrected chi connectivity index (χ3v) is 4.82. The first-order valence-electron chi connectivity index (χ1n) is 8.16. The van der Waals surface area contributed by atoms with Gasteiger partial charge in [0.15, 0.2) is 0 Å². The van der Waals surface area contributed by atoms with Gasteiger partial charge >= 0.3 is 0 Å². The van der Waals surface area contributed by atoms with Crippen molar-refractivity contribution in [3.63, 3.8) is 0 Å². The van der Waals surface area contributed by atoms with Gasteiger partial charge in [0.1, 0.15) is 0 Å². The van der Waals surface area contributed by atoms with E-state index in [0.717, 1.165) is 37.2 Å². The highest BCUT2D eigenvalue weighted by Gasteiger charge is 2.26. The summed E-state index contributed by atoms with van der Waals surface area (Å²) in [6, 6.07) is 15.2. The van der Waals surface area contributed by atoms with Gasteiger partial charge in [0.25, 0.3) is 0 Å². The van der Waals surface area contributed by atoms with Crippen LogP contribution in [0.1, 0.15) is 18.4 Å². The molecule has 0 aromatic heterocycles. The molecule has 3 rings (SSSR count). The maximum atomic E-state index is 13.0. The van der Waals surface area contributed by atoms with Gasteiger partial charge in [-0.25, -0.2) is 0 Å². The number of hydrogen-bond donors (Lipinski definition) is 1. The summed E-state index contributed by atoms with van der Waals surface area (Å²) in [5, 5.41) is 4.71. The SMILES string of the molecule is O=C(Cc1ccc(Cl)cc1)N(c1ccc(Cl)cc1)C1CCNCC1. The lowest BCUT2D eigenvalue weighted by Gasteiger charge is -2.35. The maximum Gasteiger partial charge on any atom is 0.231 e. The van der Waals surface area contributed by atoms with E-state index in [9.17, 15) is 4.79 Å². The summed E-state index contributed by atoms with van der Waals surface area (Å²) in [5.41, 5.74) is 1.88. The zero-order valence-corrected chi connectivity index (χ0v) is 14.9. The summed E-state index contributed by atoms with van der Waals surface area (Å²) in [7, 11) is 0. The van der Waals surface area contributed by atoms with Gasteiger partial charge in [-0.05, 0) is 67.9 Å². The Morgan fingerprint density at radius 3 is 2.08 bits per heavy atom. The summed E-state index contributed by atoms with van der Waals surface area (Å²) >= 11 is 11.9. The Labute approximate surface area is 152 Å². The molecule has 2 aromatic carbocycles. The number of carbonyl (C=O) groups is 1. The Kier molecular flexibility index (Phi) is 5.77. The topological polar surface area (TPSA) is 32.3 Å². The monoisotopic (exact) mass is 362 g/mol. The van der Waals surface area contributed by atoms with E-state index in [1.807, 2.05) is 53.4 Å². The van der Waals surface area contributed by atoms with Crippen molar-refractivity contribution in [3.05, 3.63) is 64.1 Å². The molecule has 1 fully saturated rings. The number of piperidine rings is 1. The van der Waals surface area contributed by atoms with Crippen molar-refractivity contribution in [1.82, 2.24) is 5.32 Å². The first-order chi connectivity index (χ1) is 11.6. The van der Waals surface area contributed by atoms with E-state index in [1.165, 1.54) is 0 Å². The van der Waals surface area contributed by atoms with Crippen molar-refractivity contribution in [1.29, 1.82) is 0 Å². The fraction of sp³-hybridized carbons (Fsp3) is 0.316. The molecule has 0 spiro atoms. The molecule has 1 saturated heterocycles. The molecule has 2 aromatic rings. The fourth-order valence-corrected chi connectivity index (χ4v) is 3.34. The second kappa shape index (κ2) is 8.02. The maximum absolute atomic E-state index is 13.0. The average molecular weight is 363 g/mol. The summed E-state index contributed by atoms with van der Waals surface area (Å²) in [5.74, 6) is 0.103. The minimum atomic E-state index is 0.103. The zero-order chi connectivity index (χ0) is 16.9. The smallest absolute Gasteiger partial charge is 0.231 e. The second-order valence-electron chi connectivity index (χ2n) is 6.02. The first-order valence-corrected chi connectivity index (χ1v) is 8.92. The van der Waals surface area contributed by atoms with Crippen LogP contribution in [0.25, 0.3) is 0 Å². The Balaban J connectivity index is 1.83. The third kappa shape index (κ3) is 4.29. The van der Waals surface area contributed by atoms with E-state index >= 15 is 0 Å². The normalized spacial score (nSPS) is 15.2. The van der Waals surface area contributed by atoms with Crippen LogP contribution in [-0.4, -0.2) is 25.0 Å². The van der Waals surface area contributed by atoms with Crippen LogP contribution in [0.15, 0.2) is 48.5 Å². The van der Waals surface area contributed by atoms with E-state index in [4.69, 9.17) is 23.2 Å².